The van der Waals surface area contributed by atoms with Crippen molar-refractivity contribution in [3.63, 3.8) is 0 Å². The smallest absolute Gasteiger partial charge is 0.340 e. The van der Waals surface area contributed by atoms with Gasteiger partial charge in [-0.15, -0.1) is 0 Å². The van der Waals surface area contributed by atoms with Crippen molar-refractivity contribution >= 4 is 34.8 Å². The van der Waals surface area contributed by atoms with Crippen LogP contribution in [0.15, 0.2) is 72.0 Å². The van der Waals surface area contributed by atoms with Gasteiger partial charge in [0.2, 0.25) is 5.91 Å². The van der Waals surface area contributed by atoms with Crippen LogP contribution in [-0.4, -0.2) is 45.9 Å². The monoisotopic (exact) mass is 462 g/mol. The van der Waals surface area contributed by atoms with E-state index in [2.05, 4.69) is 15.4 Å². The van der Waals surface area contributed by atoms with E-state index >= 15 is 0 Å². The van der Waals surface area contributed by atoms with Gasteiger partial charge in [0.05, 0.1) is 41.9 Å². The Hall–Kier alpha value is -3.85. The number of methoxy groups -OCH3 is 1. The van der Waals surface area contributed by atoms with E-state index in [1.807, 2.05) is 30.3 Å². The van der Waals surface area contributed by atoms with Crippen LogP contribution in [0.4, 0.5) is 5.69 Å². The van der Waals surface area contributed by atoms with Gasteiger partial charge in [-0.05, 0) is 37.3 Å². The number of para-hydroxylation sites is 2. The molecule has 0 saturated carbocycles. The number of anilines is 1. The number of esters is 1. The number of hydrogen-bond acceptors (Lipinski definition) is 7. The van der Waals surface area contributed by atoms with E-state index in [1.165, 1.54) is 11.8 Å². The largest absolute Gasteiger partial charge is 0.496 e. The number of nitrogens with one attached hydrogen (secondary N) is 1. The fraction of sp³-hybridized carbons (Fsp3) is 0.167. The van der Waals surface area contributed by atoms with Crippen molar-refractivity contribution in [1.82, 2.24) is 14.6 Å². The van der Waals surface area contributed by atoms with Gasteiger partial charge >= 0.3 is 5.97 Å². The van der Waals surface area contributed by atoms with Crippen LogP contribution in [0.1, 0.15) is 17.3 Å². The fourth-order valence-corrected chi connectivity index (χ4v) is 4.07. The molecule has 0 aliphatic rings. The molecule has 33 heavy (non-hydrogen) atoms. The van der Waals surface area contributed by atoms with Crippen LogP contribution < -0.4 is 10.1 Å². The Morgan fingerprint density at radius 2 is 1.91 bits per heavy atom. The van der Waals surface area contributed by atoms with Crippen LogP contribution in [0.2, 0.25) is 0 Å². The molecule has 1 amide bonds. The normalized spacial score (nSPS) is 10.7. The Kier molecular flexibility index (Phi) is 6.89. The van der Waals surface area contributed by atoms with Crippen molar-refractivity contribution in [2.24, 2.45) is 0 Å². The summed E-state index contributed by atoms with van der Waals surface area (Å²) in [5.74, 6) is 0.0993. The van der Waals surface area contributed by atoms with Crippen molar-refractivity contribution in [2.45, 2.75) is 11.9 Å². The SMILES string of the molecule is CCOC(=O)c1ccccc1NC(=O)CSc1nccn2nc(-c3ccccc3OC)cc12. The highest BCUT2D eigenvalue weighted by Crippen LogP contribution is 2.31. The number of hydrogen-bond donors (Lipinski definition) is 1. The third-order valence-electron chi connectivity index (χ3n) is 4.77. The van der Waals surface area contributed by atoms with E-state index in [0.717, 1.165) is 22.5 Å². The van der Waals surface area contributed by atoms with Crippen LogP contribution in [0.25, 0.3) is 16.8 Å². The molecule has 0 aliphatic carbocycles. The lowest BCUT2D eigenvalue weighted by atomic mass is 10.1. The number of carbonyl (C=O) groups excluding carboxylic acids is 2. The van der Waals surface area contributed by atoms with Gasteiger partial charge in [0, 0.05) is 18.0 Å². The highest BCUT2D eigenvalue weighted by atomic mass is 32.2. The summed E-state index contributed by atoms with van der Waals surface area (Å²) in [6.07, 6.45) is 3.40. The fourth-order valence-electron chi connectivity index (χ4n) is 3.30. The summed E-state index contributed by atoms with van der Waals surface area (Å²) in [5.41, 5.74) is 3.12. The minimum Gasteiger partial charge on any atom is -0.496 e. The first-order valence-corrected chi connectivity index (χ1v) is 11.3. The predicted molar refractivity (Wildman–Crippen MR) is 127 cm³/mol. The van der Waals surface area contributed by atoms with E-state index in [-0.39, 0.29) is 18.3 Å². The summed E-state index contributed by atoms with van der Waals surface area (Å²) in [6, 6.07) is 16.3. The van der Waals surface area contributed by atoms with E-state index in [0.29, 0.717) is 16.3 Å². The Bertz CT molecular complexity index is 1300. The maximum atomic E-state index is 12.6. The van der Waals surface area contributed by atoms with Gasteiger partial charge < -0.3 is 14.8 Å². The maximum Gasteiger partial charge on any atom is 0.340 e. The van der Waals surface area contributed by atoms with E-state index in [1.54, 1.807) is 55.2 Å². The van der Waals surface area contributed by atoms with Gasteiger partial charge in [-0.3, -0.25) is 4.79 Å². The van der Waals surface area contributed by atoms with Crippen molar-refractivity contribution in [1.29, 1.82) is 0 Å². The molecule has 0 radical (unpaired) electrons. The molecule has 168 valence electrons. The van der Waals surface area contributed by atoms with Crippen LogP contribution in [0, 0.1) is 0 Å². The molecule has 8 nitrogen and oxygen atoms in total. The molecule has 1 N–H and O–H groups in total. The van der Waals surface area contributed by atoms with Gasteiger partial charge in [0.1, 0.15) is 10.8 Å². The molecular formula is C24H22N4O4S. The minimum absolute atomic E-state index is 0.110. The quantitative estimate of drug-likeness (QED) is 0.308. The van der Waals surface area contributed by atoms with Gasteiger partial charge in [0.25, 0.3) is 0 Å². The summed E-state index contributed by atoms with van der Waals surface area (Å²) < 4.78 is 12.2. The second-order valence-corrected chi connectivity index (χ2v) is 7.86. The molecule has 0 aliphatic heterocycles. The number of rotatable bonds is 8. The molecular weight excluding hydrogens is 440 g/mol. The molecule has 9 heteroatoms. The number of benzene rings is 2. The van der Waals surface area contributed by atoms with Gasteiger partial charge in [-0.1, -0.05) is 36.0 Å². The number of thioether (sulfide) groups is 1. The molecule has 0 fully saturated rings. The average Bonchev–Trinajstić information content (AvgIpc) is 3.28. The third-order valence-corrected chi connectivity index (χ3v) is 5.77. The number of nitrogens with zero attached hydrogens (tertiary/aromatic N) is 3. The molecule has 0 unspecified atom stereocenters. The Morgan fingerprint density at radius 1 is 1.12 bits per heavy atom. The number of fused-ring (bicyclic) bond motifs is 1. The second kappa shape index (κ2) is 10.2. The van der Waals surface area contributed by atoms with Crippen molar-refractivity contribution in [3.8, 4) is 17.0 Å². The number of carbonyl (C=O) groups is 2. The lowest BCUT2D eigenvalue weighted by Gasteiger charge is -2.10. The highest BCUT2D eigenvalue weighted by Gasteiger charge is 2.16. The first-order chi connectivity index (χ1) is 16.1. The van der Waals surface area contributed by atoms with Crippen LogP contribution in [-0.2, 0) is 9.53 Å². The zero-order valence-corrected chi connectivity index (χ0v) is 19.0. The van der Waals surface area contributed by atoms with Crippen molar-refractivity contribution in [3.05, 3.63) is 72.6 Å². The summed E-state index contributed by atoms with van der Waals surface area (Å²) in [6.45, 7) is 1.99. The third kappa shape index (κ3) is 4.98. The molecule has 4 aromatic rings. The van der Waals surface area contributed by atoms with E-state index in [4.69, 9.17) is 9.47 Å². The van der Waals surface area contributed by atoms with Gasteiger partial charge in [0.15, 0.2) is 0 Å². The summed E-state index contributed by atoms with van der Waals surface area (Å²) in [5, 5.41) is 8.08. The molecule has 0 bridgehead atoms. The van der Waals surface area contributed by atoms with E-state index in [9.17, 15) is 9.59 Å². The Morgan fingerprint density at radius 3 is 2.73 bits per heavy atom. The van der Waals surface area contributed by atoms with Crippen molar-refractivity contribution < 1.29 is 19.1 Å². The summed E-state index contributed by atoms with van der Waals surface area (Å²) in [4.78, 5) is 29.2. The van der Waals surface area contributed by atoms with Gasteiger partial charge in [-0.25, -0.2) is 14.3 Å². The van der Waals surface area contributed by atoms with Crippen LogP contribution in [0.5, 0.6) is 5.75 Å². The zero-order chi connectivity index (χ0) is 23.2. The predicted octanol–water partition coefficient (Wildman–Crippen LogP) is 4.31. The molecule has 0 atom stereocenters. The minimum atomic E-state index is -0.476. The maximum absolute atomic E-state index is 12.6. The molecule has 2 heterocycles. The average molecular weight is 463 g/mol. The molecule has 0 spiro atoms. The van der Waals surface area contributed by atoms with Crippen molar-refractivity contribution in [2.75, 3.05) is 24.8 Å². The number of aromatic nitrogens is 3. The summed E-state index contributed by atoms with van der Waals surface area (Å²) >= 11 is 1.29. The molecule has 2 aromatic carbocycles. The first-order valence-electron chi connectivity index (χ1n) is 10.3. The molecule has 4 rings (SSSR count). The number of amides is 1. The standard InChI is InChI=1S/C24H22N4O4S/c1-3-32-24(30)17-9-4-6-10-18(17)26-22(29)15-33-23-20-14-19(27-28(20)13-12-25-23)16-8-5-7-11-21(16)31-2/h4-14H,3,15H2,1-2H3,(H,26,29). The van der Waals surface area contributed by atoms with Gasteiger partial charge in [-0.2, -0.15) is 5.10 Å². The first kappa shape index (κ1) is 22.3. The number of ether oxygens (including phenoxy) is 2. The lowest BCUT2D eigenvalue weighted by molar-refractivity contribution is -0.113. The van der Waals surface area contributed by atoms with E-state index < -0.39 is 5.97 Å². The Balaban J connectivity index is 1.51. The van der Waals surface area contributed by atoms with Crippen LogP contribution in [0.3, 0.4) is 0 Å². The Labute approximate surface area is 194 Å². The zero-order valence-electron chi connectivity index (χ0n) is 18.1. The molecule has 0 saturated heterocycles. The lowest BCUT2D eigenvalue weighted by Crippen LogP contribution is -2.17. The second-order valence-electron chi connectivity index (χ2n) is 6.89. The van der Waals surface area contributed by atoms with Crippen LogP contribution >= 0.6 is 11.8 Å². The summed E-state index contributed by atoms with van der Waals surface area (Å²) in [7, 11) is 1.62. The molecule has 2 aromatic heterocycles. The topological polar surface area (TPSA) is 94.8 Å². The highest BCUT2D eigenvalue weighted by molar-refractivity contribution is 8.00.